The molecule has 218 valence electrons. The standard InChI is InChI=1S/C43H26N4/c44-27-34-42-33-20-8-13-25-39(33)45(28-14-2-1-3-15-28)40(42)26-41(46-35-21-9-4-16-29(35)30-17-5-10-22-36(30)46)43(34)47-37-23-11-6-18-31(37)32-19-7-12-24-38(32)47/h1-26H. The van der Waals surface area contributed by atoms with Crippen molar-refractivity contribution < 1.29 is 0 Å². The molecule has 0 fully saturated rings. The van der Waals surface area contributed by atoms with E-state index in [0.717, 1.165) is 71.7 Å². The van der Waals surface area contributed by atoms with Gasteiger partial charge < -0.3 is 13.7 Å². The Labute approximate surface area is 270 Å². The number of hydrogen-bond donors (Lipinski definition) is 0. The maximum atomic E-state index is 11.4. The molecule has 4 nitrogen and oxygen atoms in total. The number of aromatic nitrogens is 3. The molecule has 0 aliphatic rings. The molecule has 3 heterocycles. The lowest BCUT2D eigenvalue weighted by atomic mass is 10.0. The van der Waals surface area contributed by atoms with Crippen LogP contribution in [-0.2, 0) is 0 Å². The topological polar surface area (TPSA) is 38.6 Å². The van der Waals surface area contributed by atoms with Crippen molar-refractivity contribution in [1.82, 2.24) is 13.7 Å². The van der Waals surface area contributed by atoms with E-state index in [-0.39, 0.29) is 0 Å². The summed E-state index contributed by atoms with van der Waals surface area (Å²) in [5.74, 6) is 0. The lowest BCUT2D eigenvalue weighted by Gasteiger charge is -2.20. The van der Waals surface area contributed by atoms with Crippen molar-refractivity contribution in [3.63, 3.8) is 0 Å². The van der Waals surface area contributed by atoms with E-state index in [0.29, 0.717) is 5.56 Å². The number of nitrogens with zero attached hydrogens (tertiary/aromatic N) is 4. The zero-order valence-corrected chi connectivity index (χ0v) is 25.3. The van der Waals surface area contributed by atoms with Gasteiger partial charge in [-0.15, -0.1) is 0 Å². The Balaban J connectivity index is 1.51. The van der Waals surface area contributed by atoms with Gasteiger partial charge in [-0.25, -0.2) is 0 Å². The van der Waals surface area contributed by atoms with E-state index in [4.69, 9.17) is 0 Å². The van der Waals surface area contributed by atoms with E-state index < -0.39 is 0 Å². The van der Waals surface area contributed by atoms with Crippen molar-refractivity contribution in [3.05, 3.63) is 163 Å². The van der Waals surface area contributed by atoms with Gasteiger partial charge in [0.25, 0.3) is 0 Å². The van der Waals surface area contributed by atoms with Gasteiger partial charge in [0.2, 0.25) is 0 Å². The number of rotatable bonds is 3. The van der Waals surface area contributed by atoms with Crippen LogP contribution in [-0.4, -0.2) is 13.7 Å². The second-order valence-electron chi connectivity index (χ2n) is 12.1. The summed E-state index contributed by atoms with van der Waals surface area (Å²) in [7, 11) is 0. The molecule has 0 unspecified atom stereocenters. The van der Waals surface area contributed by atoms with E-state index in [1.54, 1.807) is 0 Å². The number of hydrogen-bond acceptors (Lipinski definition) is 1. The Morgan fingerprint density at radius 1 is 0.383 bits per heavy atom. The molecule has 4 heteroatoms. The van der Waals surface area contributed by atoms with Crippen LogP contribution < -0.4 is 0 Å². The number of nitriles is 1. The molecule has 0 bridgehead atoms. The molecule has 10 aromatic rings. The summed E-state index contributed by atoms with van der Waals surface area (Å²) in [6, 6.07) is 58.2. The molecule has 0 aliphatic carbocycles. The molecule has 0 N–H and O–H groups in total. The van der Waals surface area contributed by atoms with Gasteiger partial charge in [0.05, 0.1) is 50.0 Å². The number of para-hydroxylation sites is 6. The van der Waals surface area contributed by atoms with Crippen LogP contribution in [0.2, 0.25) is 0 Å². The molecule has 7 aromatic carbocycles. The van der Waals surface area contributed by atoms with Crippen molar-refractivity contribution in [2.75, 3.05) is 0 Å². The van der Waals surface area contributed by atoms with Gasteiger partial charge in [0.15, 0.2) is 0 Å². The quantitative estimate of drug-likeness (QED) is 0.199. The summed E-state index contributed by atoms with van der Waals surface area (Å²) in [5.41, 5.74) is 9.93. The summed E-state index contributed by atoms with van der Waals surface area (Å²) < 4.78 is 6.98. The summed E-state index contributed by atoms with van der Waals surface area (Å²) in [6.07, 6.45) is 0. The highest BCUT2D eigenvalue weighted by atomic mass is 15.1. The van der Waals surface area contributed by atoms with Crippen molar-refractivity contribution in [2.24, 2.45) is 0 Å². The second-order valence-corrected chi connectivity index (χ2v) is 12.1. The fourth-order valence-corrected chi connectivity index (χ4v) is 7.81. The molecule has 0 radical (unpaired) electrons. The molecule has 0 aliphatic heterocycles. The lowest BCUT2D eigenvalue weighted by Crippen LogP contribution is -2.07. The average molecular weight is 599 g/mol. The predicted molar refractivity (Wildman–Crippen MR) is 194 cm³/mol. The summed E-state index contributed by atoms with van der Waals surface area (Å²) in [4.78, 5) is 0. The third-order valence-corrected chi connectivity index (χ3v) is 9.67. The van der Waals surface area contributed by atoms with Crippen molar-refractivity contribution in [3.8, 4) is 23.1 Å². The first kappa shape index (κ1) is 25.7. The maximum Gasteiger partial charge on any atom is 0.102 e. The van der Waals surface area contributed by atoms with Crippen LogP contribution in [0.25, 0.3) is 82.5 Å². The largest absolute Gasteiger partial charge is 0.309 e. The van der Waals surface area contributed by atoms with E-state index >= 15 is 0 Å². The minimum Gasteiger partial charge on any atom is -0.309 e. The van der Waals surface area contributed by atoms with Crippen LogP contribution >= 0.6 is 0 Å². The smallest absolute Gasteiger partial charge is 0.102 e. The highest BCUT2D eigenvalue weighted by molar-refractivity contribution is 6.17. The molecule has 0 amide bonds. The molecule has 0 atom stereocenters. The first-order valence-electron chi connectivity index (χ1n) is 15.9. The monoisotopic (exact) mass is 598 g/mol. The SMILES string of the molecule is N#Cc1c(-n2c3ccccc3c3ccccc32)c(-n2c3ccccc3c3ccccc32)cc2c1c1ccccc1n2-c1ccccc1. The molecular formula is C43H26N4. The van der Waals surface area contributed by atoms with E-state index in [1.807, 2.05) is 6.07 Å². The van der Waals surface area contributed by atoms with Gasteiger partial charge in [-0.05, 0) is 48.5 Å². The number of benzene rings is 7. The third-order valence-electron chi connectivity index (χ3n) is 9.67. The van der Waals surface area contributed by atoms with Crippen LogP contribution in [0.5, 0.6) is 0 Å². The fourth-order valence-electron chi connectivity index (χ4n) is 7.81. The van der Waals surface area contributed by atoms with E-state index in [2.05, 4.69) is 171 Å². The van der Waals surface area contributed by atoms with Crippen LogP contribution in [0, 0.1) is 11.3 Å². The maximum absolute atomic E-state index is 11.4. The highest BCUT2D eigenvalue weighted by Gasteiger charge is 2.27. The first-order valence-corrected chi connectivity index (χ1v) is 15.9. The van der Waals surface area contributed by atoms with Crippen LogP contribution in [0.3, 0.4) is 0 Å². The normalized spacial score (nSPS) is 11.8. The average Bonchev–Trinajstić information content (AvgIpc) is 3.77. The van der Waals surface area contributed by atoms with Crippen molar-refractivity contribution >= 4 is 65.4 Å². The Hall–Kier alpha value is -6.57. The van der Waals surface area contributed by atoms with Gasteiger partial charge in [0.1, 0.15) is 6.07 Å². The van der Waals surface area contributed by atoms with Crippen molar-refractivity contribution in [1.29, 1.82) is 5.26 Å². The third kappa shape index (κ3) is 3.46. The second kappa shape index (κ2) is 9.71. The summed E-state index contributed by atoms with van der Waals surface area (Å²) in [6.45, 7) is 0. The predicted octanol–water partition coefficient (Wildman–Crippen LogP) is 10.8. The Morgan fingerprint density at radius 3 is 1.28 bits per heavy atom. The zero-order valence-electron chi connectivity index (χ0n) is 25.3. The molecular weight excluding hydrogens is 573 g/mol. The van der Waals surface area contributed by atoms with Gasteiger partial charge in [-0.3, -0.25) is 0 Å². The summed E-state index contributed by atoms with van der Waals surface area (Å²) >= 11 is 0. The molecule has 0 saturated carbocycles. The Morgan fingerprint density at radius 2 is 0.787 bits per heavy atom. The molecule has 3 aromatic heterocycles. The minimum absolute atomic E-state index is 0.650. The molecule has 0 saturated heterocycles. The highest BCUT2D eigenvalue weighted by Crippen LogP contribution is 2.44. The fraction of sp³-hybridized carbons (Fsp3) is 0. The van der Waals surface area contributed by atoms with Gasteiger partial charge in [-0.1, -0.05) is 109 Å². The van der Waals surface area contributed by atoms with E-state index in [9.17, 15) is 5.26 Å². The lowest BCUT2D eigenvalue weighted by molar-refractivity contribution is 1.09. The van der Waals surface area contributed by atoms with Crippen LogP contribution in [0.4, 0.5) is 0 Å². The van der Waals surface area contributed by atoms with Gasteiger partial charge >= 0.3 is 0 Å². The first-order chi connectivity index (χ1) is 23.3. The van der Waals surface area contributed by atoms with Crippen LogP contribution in [0.1, 0.15) is 5.56 Å². The van der Waals surface area contributed by atoms with Crippen molar-refractivity contribution in [2.45, 2.75) is 0 Å². The molecule has 0 spiro atoms. The summed E-state index contributed by atoms with van der Waals surface area (Å²) in [5, 5.41) is 18.0. The van der Waals surface area contributed by atoms with Gasteiger partial charge in [0, 0.05) is 38.0 Å². The minimum atomic E-state index is 0.650. The van der Waals surface area contributed by atoms with E-state index in [1.165, 1.54) is 10.8 Å². The van der Waals surface area contributed by atoms with Crippen LogP contribution in [0.15, 0.2) is 158 Å². The van der Waals surface area contributed by atoms with Gasteiger partial charge in [-0.2, -0.15) is 5.26 Å². The zero-order chi connectivity index (χ0) is 31.1. The molecule has 47 heavy (non-hydrogen) atoms. The Kier molecular flexibility index (Phi) is 5.32. The number of fused-ring (bicyclic) bond motifs is 9. The molecule has 10 rings (SSSR count). The Bertz CT molecular complexity index is 2810.